The molecule has 1 aliphatic heterocycles. The summed E-state index contributed by atoms with van der Waals surface area (Å²) in [5.74, 6) is 0.297. The molecule has 1 aromatic carbocycles. The first kappa shape index (κ1) is 12.9. The Balaban J connectivity index is 2.30. The maximum Gasteiger partial charge on any atom is 0.327 e. The molecule has 0 unspecified atom stereocenters. The minimum atomic E-state index is -0.339. The Morgan fingerprint density at radius 2 is 2.16 bits per heavy atom. The van der Waals surface area contributed by atoms with Crippen molar-refractivity contribution < 1.29 is 14.3 Å². The quantitative estimate of drug-likeness (QED) is 0.758. The van der Waals surface area contributed by atoms with Gasteiger partial charge in [0.1, 0.15) is 12.3 Å². The van der Waals surface area contributed by atoms with Crippen LogP contribution in [0.5, 0.6) is 5.75 Å². The Morgan fingerprint density at radius 3 is 2.68 bits per heavy atom. The molecule has 98 valence electrons. The second kappa shape index (κ2) is 4.98. The lowest BCUT2D eigenvalue weighted by Crippen LogP contribution is -2.31. The van der Waals surface area contributed by atoms with Crippen LogP contribution in [0, 0.1) is 11.3 Å². The van der Waals surface area contributed by atoms with Crippen molar-refractivity contribution in [2.75, 3.05) is 20.7 Å². The molecule has 6 heteroatoms. The van der Waals surface area contributed by atoms with Crippen LogP contribution in [0.15, 0.2) is 18.2 Å². The third-order valence-electron chi connectivity index (χ3n) is 2.97. The van der Waals surface area contributed by atoms with E-state index in [1.54, 1.807) is 25.2 Å². The molecule has 0 atom stereocenters. The largest absolute Gasteiger partial charge is 0.496 e. The molecule has 1 fully saturated rings. The molecule has 0 saturated carbocycles. The van der Waals surface area contributed by atoms with E-state index in [-0.39, 0.29) is 25.0 Å². The molecule has 6 nitrogen and oxygen atoms in total. The van der Waals surface area contributed by atoms with E-state index >= 15 is 0 Å². The Labute approximate surface area is 110 Å². The van der Waals surface area contributed by atoms with Gasteiger partial charge in [-0.3, -0.25) is 9.69 Å². The number of ether oxygens (including phenoxy) is 1. The van der Waals surface area contributed by atoms with Crippen LogP contribution in [-0.2, 0) is 11.3 Å². The van der Waals surface area contributed by atoms with Gasteiger partial charge in [0, 0.05) is 12.6 Å². The molecule has 2 rings (SSSR count). The van der Waals surface area contributed by atoms with Gasteiger partial charge in [-0.2, -0.15) is 5.26 Å². The number of urea groups is 1. The fraction of sp³-hybridized carbons (Fsp3) is 0.308. The predicted molar refractivity (Wildman–Crippen MR) is 66.3 cm³/mol. The van der Waals surface area contributed by atoms with Crippen molar-refractivity contribution in [2.24, 2.45) is 0 Å². The predicted octanol–water partition coefficient (Wildman–Crippen LogP) is 0.961. The van der Waals surface area contributed by atoms with Gasteiger partial charge in [0.25, 0.3) is 5.91 Å². The van der Waals surface area contributed by atoms with Crippen molar-refractivity contribution in [3.8, 4) is 11.8 Å². The lowest BCUT2D eigenvalue weighted by molar-refractivity contribution is -0.125. The highest BCUT2D eigenvalue weighted by molar-refractivity contribution is 6.01. The lowest BCUT2D eigenvalue weighted by atomic mass is 10.1. The van der Waals surface area contributed by atoms with Crippen molar-refractivity contribution >= 4 is 11.9 Å². The van der Waals surface area contributed by atoms with E-state index in [0.29, 0.717) is 16.9 Å². The Bertz CT molecular complexity index is 577. The zero-order valence-corrected chi connectivity index (χ0v) is 10.7. The summed E-state index contributed by atoms with van der Waals surface area (Å²) in [6, 6.07) is 6.59. The summed E-state index contributed by atoms with van der Waals surface area (Å²) in [7, 11) is 3.08. The molecule has 1 aromatic rings. The van der Waals surface area contributed by atoms with Crippen molar-refractivity contribution in [2.45, 2.75) is 6.54 Å². The van der Waals surface area contributed by atoms with E-state index in [1.807, 2.05) is 6.07 Å². The molecule has 1 saturated heterocycles. The zero-order chi connectivity index (χ0) is 14.0. The zero-order valence-electron chi connectivity index (χ0n) is 10.7. The molecule has 0 radical (unpaired) electrons. The number of hydrogen-bond acceptors (Lipinski definition) is 4. The molecule has 0 N–H and O–H groups in total. The molecule has 0 bridgehead atoms. The highest BCUT2D eigenvalue weighted by Gasteiger charge is 2.33. The standard InChI is InChI=1S/C13H13N3O3/c1-15-8-12(17)16(13(15)18)7-10-5-9(6-14)3-4-11(10)19-2/h3-5H,7-8H2,1-2H3. The van der Waals surface area contributed by atoms with Gasteiger partial charge in [-0.1, -0.05) is 0 Å². The summed E-state index contributed by atoms with van der Waals surface area (Å²) in [6.45, 7) is 0.194. The summed E-state index contributed by atoms with van der Waals surface area (Å²) in [5.41, 5.74) is 1.10. The maximum absolute atomic E-state index is 11.8. The van der Waals surface area contributed by atoms with Crippen LogP contribution in [-0.4, -0.2) is 42.4 Å². The monoisotopic (exact) mass is 259 g/mol. The van der Waals surface area contributed by atoms with Gasteiger partial charge in [0.2, 0.25) is 0 Å². The number of hydrogen-bond donors (Lipinski definition) is 0. The summed E-state index contributed by atoms with van der Waals surface area (Å²) < 4.78 is 5.18. The average molecular weight is 259 g/mol. The molecule has 3 amide bonds. The van der Waals surface area contributed by atoms with Crippen molar-refractivity contribution in [3.63, 3.8) is 0 Å². The minimum Gasteiger partial charge on any atom is -0.496 e. The van der Waals surface area contributed by atoms with Gasteiger partial charge in [-0.05, 0) is 18.2 Å². The number of imide groups is 1. The van der Waals surface area contributed by atoms with Crippen LogP contribution in [0.1, 0.15) is 11.1 Å². The second-order valence-electron chi connectivity index (χ2n) is 4.26. The first-order valence-corrected chi connectivity index (χ1v) is 5.69. The van der Waals surface area contributed by atoms with Gasteiger partial charge < -0.3 is 9.64 Å². The minimum absolute atomic E-state index is 0.0824. The second-order valence-corrected chi connectivity index (χ2v) is 4.26. The van der Waals surface area contributed by atoms with Crippen molar-refractivity contribution in [3.05, 3.63) is 29.3 Å². The fourth-order valence-corrected chi connectivity index (χ4v) is 1.97. The number of likely N-dealkylation sites (N-methyl/N-ethyl adjacent to an activating group) is 1. The summed E-state index contributed by atoms with van der Waals surface area (Å²) in [4.78, 5) is 26.0. The van der Waals surface area contributed by atoms with Gasteiger partial charge >= 0.3 is 6.03 Å². The number of nitriles is 1. The summed E-state index contributed by atoms with van der Waals surface area (Å²) in [5, 5.41) is 8.89. The van der Waals surface area contributed by atoms with Gasteiger partial charge in [0.05, 0.1) is 25.3 Å². The van der Waals surface area contributed by atoms with E-state index in [9.17, 15) is 9.59 Å². The number of carbonyl (C=O) groups excluding carboxylic acids is 2. The van der Waals surface area contributed by atoms with Gasteiger partial charge in [0.15, 0.2) is 0 Å². The van der Waals surface area contributed by atoms with E-state index in [2.05, 4.69) is 0 Å². The molecule has 1 heterocycles. The number of amides is 3. The highest BCUT2D eigenvalue weighted by Crippen LogP contribution is 2.23. The maximum atomic E-state index is 11.8. The van der Waals surface area contributed by atoms with E-state index < -0.39 is 0 Å². The van der Waals surface area contributed by atoms with E-state index in [4.69, 9.17) is 10.00 Å². The van der Waals surface area contributed by atoms with Crippen LogP contribution in [0.25, 0.3) is 0 Å². The third kappa shape index (κ3) is 2.36. The molecule has 0 aromatic heterocycles. The van der Waals surface area contributed by atoms with Crippen LogP contribution in [0.2, 0.25) is 0 Å². The Kier molecular flexibility index (Phi) is 3.38. The fourth-order valence-electron chi connectivity index (χ4n) is 1.97. The number of rotatable bonds is 3. The third-order valence-corrected chi connectivity index (χ3v) is 2.97. The van der Waals surface area contributed by atoms with Crippen LogP contribution in [0.3, 0.4) is 0 Å². The first-order chi connectivity index (χ1) is 9.06. The lowest BCUT2D eigenvalue weighted by Gasteiger charge is -2.16. The molecular weight excluding hydrogens is 246 g/mol. The number of carbonyl (C=O) groups is 2. The highest BCUT2D eigenvalue weighted by atomic mass is 16.5. The molecular formula is C13H13N3O3. The first-order valence-electron chi connectivity index (χ1n) is 5.69. The molecule has 0 aliphatic carbocycles. The van der Waals surface area contributed by atoms with Crippen LogP contribution < -0.4 is 4.74 Å². The number of nitrogens with zero attached hydrogens (tertiary/aromatic N) is 3. The Morgan fingerprint density at radius 1 is 1.42 bits per heavy atom. The summed E-state index contributed by atoms with van der Waals surface area (Å²) in [6.07, 6.45) is 0. The molecule has 0 spiro atoms. The molecule has 1 aliphatic rings. The van der Waals surface area contributed by atoms with Gasteiger partial charge in [-0.15, -0.1) is 0 Å². The van der Waals surface area contributed by atoms with Crippen molar-refractivity contribution in [1.29, 1.82) is 5.26 Å². The smallest absolute Gasteiger partial charge is 0.327 e. The normalized spacial score (nSPS) is 14.8. The summed E-state index contributed by atoms with van der Waals surface area (Å²) >= 11 is 0. The molecule has 19 heavy (non-hydrogen) atoms. The van der Waals surface area contributed by atoms with Gasteiger partial charge in [-0.25, -0.2) is 4.79 Å². The number of benzene rings is 1. The van der Waals surface area contributed by atoms with Crippen molar-refractivity contribution in [1.82, 2.24) is 9.80 Å². The van der Waals surface area contributed by atoms with E-state index in [0.717, 1.165) is 4.90 Å². The average Bonchev–Trinajstić information content (AvgIpc) is 2.65. The topological polar surface area (TPSA) is 73.6 Å². The Hall–Kier alpha value is -2.55. The van der Waals surface area contributed by atoms with Crippen LogP contribution in [0.4, 0.5) is 4.79 Å². The van der Waals surface area contributed by atoms with Crippen LogP contribution >= 0.6 is 0 Å². The number of methoxy groups -OCH3 is 1. The SMILES string of the molecule is COc1ccc(C#N)cc1CN1C(=O)CN(C)C1=O. The van der Waals surface area contributed by atoms with E-state index in [1.165, 1.54) is 12.0 Å².